The Bertz CT molecular complexity index is 704. The van der Waals surface area contributed by atoms with Gasteiger partial charge in [-0.15, -0.1) is 13.1 Å². The molecule has 0 aromatic rings. The molecular formula is C26H50N2O4P2Tc. The Labute approximate surface area is 231 Å². The first-order valence-corrected chi connectivity index (χ1v) is 18.0. The van der Waals surface area contributed by atoms with Gasteiger partial charge in [-0.3, -0.25) is 9.59 Å². The van der Waals surface area contributed by atoms with Crippen LogP contribution in [-0.2, 0) is 39.2 Å². The number of carbonyl (C=O) groups excluding carboxylic acids is 2. The van der Waals surface area contributed by atoms with Gasteiger partial charge in [0.1, 0.15) is 11.2 Å². The number of ketones is 2. The van der Waals surface area contributed by atoms with Crippen LogP contribution >= 0.6 is 15.8 Å². The summed E-state index contributed by atoms with van der Waals surface area (Å²) in [5, 5.41) is 8.62. The number of Topliss-reactive ketones (excluding diaryl/α,β-unsaturated/α-hetero) is 2. The fourth-order valence-electron chi connectivity index (χ4n) is 3.53. The van der Waals surface area contributed by atoms with Gasteiger partial charge >= 0.3 is 0 Å². The molecule has 0 atom stereocenters. The van der Waals surface area contributed by atoms with E-state index in [1.807, 2.05) is 27.7 Å². The van der Waals surface area contributed by atoms with Crippen LogP contribution in [0.3, 0.4) is 0 Å². The fraction of sp³-hybridized carbons (Fsp3) is 0.769. The third-order valence-corrected chi connectivity index (χ3v) is 4.70. The van der Waals surface area contributed by atoms with Crippen LogP contribution in [0.15, 0.2) is 23.5 Å². The molecule has 9 heteroatoms. The molecule has 2 aliphatic heterocycles. The van der Waals surface area contributed by atoms with Gasteiger partial charge in [-0.2, -0.15) is 12.4 Å². The zero-order chi connectivity index (χ0) is 27.1. The van der Waals surface area contributed by atoms with Crippen LogP contribution < -0.4 is 0 Å². The van der Waals surface area contributed by atoms with Crippen LogP contribution in [0.2, 0.25) is 0 Å². The monoisotopic (exact) mass is 615 g/mol. The van der Waals surface area contributed by atoms with E-state index < -0.39 is 22.4 Å². The number of hydrogen-bond donors (Lipinski definition) is 0. The standard InChI is InChI=1S/C20H32N2O4.2C3H9P.Tc/c1-17(2)13(15(23)19(5,6)25-17)11-21-9-10-22-12-14-16(24)20(7,8)26-18(14,3)4;2*1-4(2)3;/h11-12H,9-10H2,1-8H3,(H2,21,22,23,24);2*1-3H3;/i;;;1+1. The maximum absolute atomic E-state index is 12.4. The summed E-state index contributed by atoms with van der Waals surface area (Å²) in [5.41, 5.74) is -1.79. The Morgan fingerprint density at radius 1 is 0.600 bits per heavy atom. The molecule has 205 valence electrons. The zero-order valence-electron chi connectivity index (χ0n) is 24.5. The van der Waals surface area contributed by atoms with Gasteiger partial charge in [-0.25, -0.2) is 0 Å². The van der Waals surface area contributed by atoms with Crippen LogP contribution in [-0.4, -0.2) is 87.0 Å². The van der Waals surface area contributed by atoms with Crippen LogP contribution in [0.4, 0.5) is 0 Å². The average Bonchev–Trinajstić information content (AvgIpc) is 2.85. The minimum absolute atomic E-state index is 0. The molecule has 2 heterocycles. The third-order valence-electron chi connectivity index (χ3n) is 4.70. The topological polar surface area (TPSA) is 80.8 Å². The van der Waals surface area contributed by atoms with Crippen molar-refractivity contribution in [1.82, 2.24) is 0 Å². The predicted molar refractivity (Wildman–Crippen MR) is 153 cm³/mol. The smallest absolute Gasteiger partial charge is 0.191 e. The summed E-state index contributed by atoms with van der Waals surface area (Å²) in [6.45, 7) is 29.0. The van der Waals surface area contributed by atoms with E-state index in [0.29, 0.717) is 24.2 Å². The molecule has 0 unspecified atom stereocenters. The molecule has 6 nitrogen and oxygen atoms in total. The quantitative estimate of drug-likeness (QED) is 0.216. The van der Waals surface area contributed by atoms with Gasteiger partial charge in [0.15, 0.2) is 11.6 Å². The number of rotatable bonds is 5. The maximum atomic E-state index is 12.4. The van der Waals surface area contributed by atoms with E-state index >= 15 is 0 Å². The second kappa shape index (κ2) is 14.7. The van der Waals surface area contributed by atoms with E-state index in [2.05, 4.69) is 50.6 Å². The van der Waals surface area contributed by atoms with E-state index in [9.17, 15) is 9.59 Å². The van der Waals surface area contributed by atoms with Crippen LogP contribution in [0.25, 0.3) is 10.6 Å². The molecule has 2 saturated heterocycles. The Morgan fingerprint density at radius 3 is 1.00 bits per heavy atom. The van der Waals surface area contributed by atoms with Crippen molar-refractivity contribution in [1.29, 1.82) is 0 Å². The summed E-state index contributed by atoms with van der Waals surface area (Å²) < 4.78 is 11.6. The van der Waals surface area contributed by atoms with Gasteiger partial charge in [0.2, 0.25) is 0 Å². The predicted octanol–water partition coefficient (Wildman–Crippen LogP) is 5.99. The number of hydrogen-bond acceptors (Lipinski definition) is 4. The molecule has 0 aliphatic carbocycles. The van der Waals surface area contributed by atoms with E-state index in [1.54, 1.807) is 40.1 Å². The second-order valence-electron chi connectivity index (χ2n) is 11.8. The number of carbonyl (C=O) groups is 2. The summed E-state index contributed by atoms with van der Waals surface area (Å²) in [4.78, 5) is 24.7. The summed E-state index contributed by atoms with van der Waals surface area (Å²) in [5.74, 6) is -0.0778. The van der Waals surface area contributed by atoms with Crippen molar-refractivity contribution in [2.75, 3.05) is 53.1 Å². The Kier molecular flexibility index (Phi) is 15.5. The molecule has 0 aromatic carbocycles. The van der Waals surface area contributed by atoms with E-state index in [1.165, 1.54) is 0 Å². The van der Waals surface area contributed by atoms with Crippen LogP contribution in [0.1, 0.15) is 55.4 Å². The van der Waals surface area contributed by atoms with Crippen LogP contribution in [0, 0.1) is 0 Å². The van der Waals surface area contributed by atoms with Crippen molar-refractivity contribution in [3.05, 3.63) is 34.2 Å². The second-order valence-corrected chi connectivity index (χ2v) is 17.8. The summed E-state index contributed by atoms with van der Waals surface area (Å²) in [6, 6.07) is 0. The van der Waals surface area contributed by atoms with E-state index in [-0.39, 0.29) is 47.5 Å². The SMILES string of the molecule is CC1(C)OC(C)(C)/C(=C/[N-]CC[N-]/C=C2\C(=O)C(C)(C)OC2(C)C)C1=O.C[PH+](C)C.C[PH+](C)C.[99Tc]. The van der Waals surface area contributed by atoms with Gasteiger partial charge in [0.05, 0.1) is 11.2 Å². The van der Waals surface area contributed by atoms with Gasteiger partial charge in [-0.1, -0.05) is 0 Å². The van der Waals surface area contributed by atoms with Crippen LogP contribution in [0.5, 0.6) is 0 Å². The fourth-order valence-corrected chi connectivity index (χ4v) is 3.53. The molecule has 0 N–H and O–H groups in total. The molecule has 0 amide bonds. The van der Waals surface area contributed by atoms with Crippen molar-refractivity contribution in [3.63, 3.8) is 0 Å². The number of ether oxygens (including phenoxy) is 2. The maximum Gasteiger partial charge on any atom is 0.191 e. The van der Waals surface area contributed by atoms with E-state index in [0.717, 1.165) is 0 Å². The average molecular weight is 616 g/mol. The Morgan fingerprint density at radius 2 is 0.829 bits per heavy atom. The number of nitrogens with zero attached hydrogens (tertiary/aromatic N) is 2. The minimum atomic E-state index is -0.819. The summed E-state index contributed by atoms with van der Waals surface area (Å²) in [7, 11) is 0.241. The normalized spacial score (nSPS) is 23.4. The first kappa shape index (κ1) is 37.0. The molecule has 35 heavy (non-hydrogen) atoms. The first-order valence-electron chi connectivity index (χ1n) is 12.0. The minimum Gasteiger partial charge on any atom is -0.691 e. The van der Waals surface area contributed by atoms with Crippen molar-refractivity contribution in [2.24, 2.45) is 0 Å². The Hall–Kier alpha value is -0.151. The molecule has 0 saturated carbocycles. The van der Waals surface area contributed by atoms with Crippen molar-refractivity contribution >= 4 is 27.4 Å². The molecule has 1 radical (unpaired) electrons. The Balaban J connectivity index is 0. The van der Waals surface area contributed by atoms with Gasteiger partial charge in [0.25, 0.3) is 0 Å². The zero-order valence-corrected chi connectivity index (χ0v) is 28.3. The van der Waals surface area contributed by atoms with Gasteiger partial charge in [-0.05, 0) is 71.2 Å². The summed E-state index contributed by atoms with van der Waals surface area (Å²) >= 11 is 0. The summed E-state index contributed by atoms with van der Waals surface area (Å²) in [6.07, 6.45) is 3.19. The van der Waals surface area contributed by atoms with Gasteiger partial charge in [0, 0.05) is 71.2 Å². The largest absolute Gasteiger partial charge is 0.691 e. The van der Waals surface area contributed by atoms with Gasteiger partial charge < -0.3 is 20.1 Å². The first-order chi connectivity index (χ1) is 15.2. The van der Waals surface area contributed by atoms with E-state index in [4.69, 9.17) is 9.47 Å². The molecule has 2 aliphatic rings. The third kappa shape index (κ3) is 12.3. The van der Waals surface area contributed by atoms with Crippen molar-refractivity contribution in [3.8, 4) is 0 Å². The molecule has 0 spiro atoms. The molecule has 0 bridgehead atoms. The molecule has 0 aromatic heterocycles. The van der Waals surface area contributed by atoms with Crippen molar-refractivity contribution in [2.45, 2.75) is 77.8 Å². The van der Waals surface area contributed by atoms with Crippen molar-refractivity contribution < 1.29 is 39.2 Å². The molecule has 2 rings (SSSR count). The molecular weight excluding hydrogens is 565 g/mol. The molecule has 2 fully saturated rings.